The van der Waals surface area contributed by atoms with Gasteiger partial charge in [0.2, 0.25) is 0 Å². The predicted molar refractivity (Wildman–Crippen MR) is 102 cm³/mol. The van der Waals surface area contributed by atoms with Crippen molar-refractivity contribution in [1.82, 2.24) is 10.2 Å². The Morgan fingerprint density at radius 1 is 1.07 bits per heavy atom. The number of carboxylic acid groups (broad SMARTS) is 1. The summed E-state index contributed by atoms with van der Waals surface area (Å²) >= 11 is 0. The number of aliphatic carboxylic acids is 1. The summed E-state index contributed by atoms with van der Waals surface area (Å²) in [6.45, 7) is 0.881. The molecule has 2 N–H and O–H groups in total. The Morgan fingerprint density at radius 2 is 1.70 bits per heavy atom. The number of carbonyl (C=O) groups excluding carboxylic acids is 1. The largest absolute Gasteiger partial charge is 0.496 e. The van der Waals surface area contributed by atoms with E-state index in [1.54, 1.807) is 12.0 Å². The third kappa shape index (κ3) is 4.39. The van der Waals surface area contributed by atoms with Gasteiger partial charge in [-0.1, -0.05) is 48.5 Å². The third-order valence-corrected chi connectivity index (χ3v) is 4.98. The van der Waals surface area contributed by atoms with Crippen LogP contribution >= 0.6 is 0 Å². The van der Waals surface area contributed by atoms with Crippen molar-refractivity contribution in [2.45, 2.75) is 18.9 Å². The average molecular weight is 368 g/mol. The standard InChI is InChI=1S/C21H24N2O4/c1-27-18-10-6-5-9-17(18)19(15-7-3-2-4-8-15)22-21(26)23-13-11-16(12-14-23)20(24)25/h2-10,16,19H,11-14H2,1H3,(H,22,26)(H,24,25). The van der Waals surface area contributed by atoms with E-state index < -0.39 is 5.97 Å². The molecule has 1 atom stereocenters. The number of hydrogen-bond acceptors (Lipinski definition) is 3. The van der Waals surface area contributed by atoms with Crippen molar-refractivity contribution in [2.24, 2.45) is 5.92 Å². The Labute approximate surface area is 158 Å². The van der Waals surface area contributed by atoms with Crippen molar-refractivity contribution >= 4 is 12.0 Å². The minimum atomic E-state index is -0.786. The van der Waals surface area contributed by atoms with E-state index in [1.165, 1.54) is 0 Å². The van der Waals surface area contributed by atoms with E-state index in [4.69, 9.17) is 9.84 Å². The summed E-state index contributed by atoms with van der Waals surface area (Å²) in [6.07, 6.45) is 0.959. The molecule has 1 aliphatic rings. The molecule has 0 aromatic heterocycles. The number of piperidine rings is 1. The number of amides is 2. The molecule has 0 aliphatic carbocycles. The van der Waals surface area contributed by atoms with E-state index in [9.17, 15) is 9.59 Å². The van der Waals surface area contributed by atoms with Crippen LogP contribution in [0.5, 0.6) is 5.75 Å². The molecule has 0 radical (unpaired) electrons. The number of methoxy groups -OCH3 is 1. The number of ether oxygens (including phenoxy) is 1. The van der Waals surface area contributed by atoms with Crippen LogP contribution in [0.4, 0.5) is 4.79 Å². The molecule has 0 bridgehead atoms. The summed E-state index contributed by atoms with van der Waals surface area (Å²) in [5.41, 5.74) is 1.83. The molecule has 27 heavy (non-hydrogen) atoms. The van der Waals surface area contributed by atoms with E-state index in [0.29, 0.717) is 31.7 Å². The molecule has 1 unspecified atom stereocenters. The number of urea groups is 1. The molecule has 6 heteroatoms. The lowest BCUT2D eigenvalue weighted by atomic mass is 9.96. The van der Waals surface area contributed by atoms with Gasteiger partial charge in [0, 0.05) is 18.7 Å². The first kappa shape index (κ1) is 18.8. The highest BCUT2D eigenvalue weighted by Crippen LogP contribution is 2.30. The van der Waals surface area contributed by atoms with Gasteiger partial charge >= 0.3 is 12.0 Å². The van der Waals surface area contributed by atoms with Crippen molar-refractivity contribution in [3.63, 3.8) is 0 Å². The van der Waals surface area contributed by atoms with Crippen molar-refractivity contribution in [2.75, 3.05) is 20.2 Å². The number of hydrogen-bond donors (Lipinski definition) is 2. The smallest absolute Gasteiger partial charge is 0.318 e. The Morgan fingerprint density at radius 3 is 2.33 bits per heavy atom. The van der Waals surface area contributed by atoms with Gasteiger partial charge < -0.3 is 20.1 Å². The Kier molecular flexibility index (Phi) is 5.96. The Hall–Kier alpha value is -3.02. The van der Waals surface area contributed by atoms with E-state index >= 15 is 0 Å². The normalized spacial score (nSPS) is 15.8. The van der Waals surface area contributed by atoms with E-state index in [-0.39, 0.29) is 18.0 Å². The zero-order chi connectivity index (χ0) is 19.2. The van der Waals surface area contributed by atoms with Gasteiger partial charge in [0.15, 0.2) is 0 Å². The molecular formula is C21H24N2O4. The number of benzene rings is 2. The average Bonchev–Trinajstić information content (AvgIpc) is 2.72. The van der Waals surface area contributed by atoms with Gasteiger partial charge in [0.25, 0.3) is 0 Å². The van der Waals surface area contributed by atoms with Crippen LogP contribution in [0.2, 0.25) is 0 Å². The van der Waals surface area contributed by atoms with E-state index in [2.05, 4.69) is 5.32 Å². The molecule has 1 heterocycles. The molecule has 1 aliphatic heterocycles. The fraction of sp³-hybridized carbons (Fsp3) is 0.333. The monoisotopic (exact) mass is 368 g/mol. The number of nitrogens with one attached hydrogen (secondary N) is 1. The minimum Gasteiger partial charge on any atom is -0.496 e. The van der Waals surface area contributed by atoms with Gasteiger partial charge in [-0.15, -0.1) is 0 Å². The molecule has 2 aromatic rings. The van der Waals surface area contributed by atoms with Gasteiger partial charge in [-0.25, -0.2) is 4.79 Å². The first-order valence-corrected chi connectivity index (χ1v) is 9.06. The molecule has 1 saturated heterocycles. The summed E-state index contributed by atoms with van der Waals surface area (Å²) in [5.74, 6) is -0.448. The second-order valence-corrected chi connectivity index (χ2v) is 6.63. The fourth-order valence-corrected chi connectivity index (χ4v) is 3.44. The summed E-state index contributed by atoms with van der Waals surface area (Å²) in [6, 6.07) is 16.8. The lowest BCUT2D eigenvalue weighted by Gasteiger charge is -2.32. The summed E-state index contributed by atoms with van der Waals surface area (Å²) < 4.78 is 5.49. The highest BCUT2D eigenvalue weighted by Gasteiger charge is 2.29. The molecule has 6 nitrogen and oxygen atoms in total. The fourth-order valence-electron chi connectivity index (χ4n) is 3.44. The minimum absolute atomic E-state index is 0.196. The molecule has 0 saturated carbocycles. The molecule has 2 aromatic carbocycles. The maximum atomic E-state index is 12.9. The molecule has 3 rings (SSSR count). The molecule has 142 valence electrons. The number of carboxylic acids is 1. The van der Waals surface area contributed by atoms with Crippen molar-refractivity contribution in [1.29, 1.82) is 0 Å². The first-order chi connectivity index (χ1) is 13.1. The van der Waals surface area contributed by atoms with Crippen molar-refractivity contribution < 1.29 is 19.4 Å². The van der Waals surface area contributed by atoms with Crippen LogP contribution in [0.25, 0.3) is 0 Å². The molecule has 2 amide bonds. The predicted octanol–water partition coefficient (Wildman–Crippen LogP) is 3.29. The second-order valence-electron chi connectivity index (χ2n) is 6.63. The maximum Gasteiger partial charge on any atom is 0.318 e. The highest BCUT2D eigenvalue weighted by molar-refractivity contribution is 5.76. The second kappa shape index (κ2) is 8.58. The highest BCUT2D eigenvalue weighted by atomic mass is 16.5. The van der Waals surface area contributed by atoms with Crippen LogP contribution < -0.4 is 10.1 Å². The molecular weight excluding hydrogens is 344 g/mol. The zero-order valence-corrected chi connectivity index (χ0v) is 15.3. The maximum absolute atomic E-state index is 12.9. The van der Waals surface area contributed by atoms with Gasteiger partial charge in [-0.2, -0.15) is 0 Å². The van der Waals surface area contributed by atoms with Gasteiger partial charge in [0.1, 0.15) is 5.75 Å². The van der Waals surface area contributed by atoms with Crippen LogP contribution in [0.3, 0.4) is 0 Å². The summed E-state index contributed by atoms with van der Waals surface area (Å²) in [7, 11) is 1.61. The van der Waals surface area contributed by atoms with Crippen molar-refractivity contribution in [3.8, 4) is 5.75 Å². The quantitative estimate of drug-likeness (QED) is 0.849. The Bertz CT molecular complexity index is 786. The van der Waals surface area contributed by atoms with E-state index in [0.717, 1.165) is 11.1 Å². The summed E-state index contributed by atoms with van der Waals surface area (Å²) in [4.78, 5) is 25.7. The van der Waals surface area contributed by atoms with Gasteiger partial charge in [-0.3, -0.25) is 4.79 Å². The number of para-hydroxylation sites is 1. The van der Waals surface area contributed by atoms with Crippen LogP contribution in [-0.4, -0.2) is 42.2 Å². The zero-order valence-electron chi connectivity index (χ0n) is 15.3. The SMILES string of the molecule is COc1ccccc1C(NC(=O)N1CCC(C(=O)O)CC1)c1ccccc1. The van der Waals surface area contributed by atoms with Crippen LogP contribution in [-0.2, 0) is 4.79 Å². The van der Waals surface area contributed by atoms with Crippen molar-refractivity contribution in [3.05, 3.63) is 65.7 Å². The van der Waals surface area contributed by atoms with Crippen LogP contribution in [0.1, 0.15) is 30.0 Å². The topological polar surface area (TPSA) is 78.9 Å². The Balaban J connectivity index is 1.80. The summed E-state index contributed by atoms with van der Waals surface area (Å²) in [5, 5.41) is 12.2. The first-order valence-electron chi connectivity index (χ1n) is 9.06. The third-order valence-electron chi connectivity index (χ3n) is 4.98. The number of likely N-dealkylation sites (tertiary alicyclic amines) is 1. The number of rotatable bonds is 5. The van der Waals surface area contributed by atoms with Crippen LogP contribution in [0.15, 0.2) is 54.6 Å². The van der Waals surface area contributed by atoms with E-state index in [1.807, 2.05) is 54.6 Å². The molecule has 1 fully saturated rings. The van der Waals surface area contributed by atoms with Gasteiger partial charge in [-0.05, 0) is 24.5 Å². The lowest BCUT2D eigenvalue weighted by Crippen LogP contribution is -2.46. The molecule has 0 spiro atoms. The van der Waals surface area contributed by atoms with Crippen LogP contribution in [0, 0.1) is 5.92 Å². The van der Waals surface area contributed by atoms with Gasteiger partial charge in [0.05, 0.1) is 19.1 Å². The lowest BCUT2D eigenvalue weighted by molar-refractivity contribution is -0.143. The number of carbonyl (C=O) groups is 2. The number of nitrogens with zero attached hydrogens (tertiary/aromatic N) is 1.